The van der Waals surface area contributed by atoms with Crippen LogP contribution in [0.5, 0.6) is 0 Å². The predicted octanol–water partition coefficient (Wildman–Crippen LogP) is 0.126. The lowest BCUT2D eigenvalue weighted by Crippen LogP contribution is -2.32. The molecule has 1 unspecified atom stereocenters. The second kappa shape index (κ2) is 8.95. The van der Waals surface area contributed by atoms with Crippen LogP contribution >= 0.6 is 0 Å². The summed E-state index contributed by atoms with van der Waals surface area (Å²) in [6, 6.07) is 0. The zero-order chi connectivity index (χ0) is 13.3. The van der Waals surface area contributed by atoms with E-state index in [1.54, 1.807) is 13.8 Å². The second-order valence-electron chi connectivity index (χ2n) is 3.40. The average Bonchev–Trinajstić information content (AvgIpc) is 2.26. The minimum Gasteiger partial charge on any atom is -0.465 e. The molecule has 100 valence electrons. The molecule has 0 heterocycles. The van der Waals surface area contributed by atoms with Crippen molar-refractivity contribution in [3.05, 3.63) is 0 Å². The van der Waals surface area contributed by atoms with Crippen LogP contribution in [0.1, 0.15) is 20.3 Å². The number of rotatable bonds is 8. The monoisotopic (exact) mass is 248 g/mol. The maximum atomic E-state index is 11.5. The second-order valence-corrected chi connectivity index (χ2v) is 3.40. The van der Waals surface area contributed by atoms with E-state index in [0.717, 1.165) is 0 Å². The highest BCUT2D eigenvalue weighted by atomic mass is 16.6. The molecule has 1 atom stereocenters. The minimum absolute atomic E-state index is 0.0509. The van der Waals surface area contributed by atoms with Gasteiger partial charge in [0.2, 0.25) is 0 Å². The number of ether oxygens (including phenoxy) is 3. The standard InChI is InChI=1S/C11H20O6/c1-4-16-10(13)9(11(14)17-5-2)6-8(12)7-15-3/h8-9,12H,4-7H2,1-3H3. The van der Waals surface area contributed by atoms with Gasteiger partial charge in [-0.2, -0.15) is 0 Å². The van der Waals surface area contributed by atoms with E-state index < -0.39 is 24.0 Å². The number of methoxy groups -OCH3 is 1. The number of esters is 2. The van der Waals surface area contributed by atoms with Crippen LogP contribution in [0.4, 0.5) is 0 Å². The van der Waals surface area contributed by atoms with Crippen molar-refractivity contribution in [1.82, 2.24) is 0 Å². The van der Waals surface area contributed by atoms with E-state index >= 15 is 0 Å². The third-order valence-electron chi connectivity index (χ3n) is 2.01. The van der Waals surface area contributed by atoms with Crippen molar-refractivity contribution < 1.29 is 28.9 Å². The summed E-state index contributed by atoms with van der Waals surface area (Å²) in [5.41, 5.74) is 0. The summed E-state index contributed by atoms with van der Waals surface area (Å²) in [7, 11) is 1.42. The molecule has 0 aliphatic heterocycles. The SMILES string of the molecule is CCOC(=O)C(CC(O)COC)C(=O)OCC. The van der Waals surface area contributed by atoms with Crippen LogP contribution < -0.4 is 0 Å². The summed E-state index contributed by atoms with van der Waals surface area (Å²) in [5.74, 6) is -2.46. The summed E-state index contributed by atoms with van der Waals surface area (Å²) in [5, 5.41) is 9.51. The van der Waals surface area contributed by atoms with E-state index in [4.69, 9.17) is 14.2 Å². The first-order valence-electron chi connectivity index (χ1n) is 5.57. The summed E-state index contributed by atoms with van der Waals surface area (Å²) in [4.78, 5) is 23.0. The van der Waals surface area contributed by atoms with Gasteiger partial charge in [-0.3, -0.25) is 9.59 Å². The number of carbonyl (C=O) groups is 2. The third kappa shape index (κ3) is 6.23. The van der Waals surface area contributed by atoms with Gasteiger partial charge in [-0.05, 0) is 20.3 Å². The minimum atomic E-state index is -1.10. The molecular formula is C11H20O6. The molecule has 17 heavy (non-hydrogen) atoms. The molecule has 6 heteroatoms. The number of hydrogen-bond acceptors (Lipinski definition) is 6. The number of carbonyl (C=O) groups excluding carboxylic acids is 2. The molecule has 0 aromatic rings. The summed E-state index contributed by atoms with van der Waals surface area (Å²) in [6.45, 7) is 3.69. The summed E-state index contributed by atoms with van der Waals surface area (Å²) < 4.78 is 14.2. The van der Waals surface area contributed by atoms with Gasteiger partial charge < -0.3 is 19.3 Å². The molecule has 0 amide bonds. The van der Waals surface area contributed by atoms with Crippen LogP contribution in [0.25, 0.3) is 0 Å². The number of aliphatic hydroxyl groups excluding tert-OH is 1. The molecule has 0 radical (unpaired) electrons. The smallest absolute Gasteiger partial charge is 0.320 e. The first kappa shape index (κ1) is 15.9. The van der Waals surface area contributed by atoms with Crippen LogP contribution in [0, 0.1) is 5.92 Å². The maximum absolute atomic E-state index is 11.5. The van der Waals surface area contributed by atoms with E-state index in [2.05, 4.69) is 0 Å². The van der Waals surface area contributed by atoms with Crippen molar-refractivity contribution in [2.24, 2.45) is 5.92 Å². The van der Waals surface area contributed by atoms with E-state index in [1.165, 1.54) is 7.11 Å². The van der Waals surface area contributed by atoms with Crippen molar-refractivity contribution in [2.75, 3.05) is 26.9 Å². The molecule has 1 N–H and O–H groups in total. The maximum Gasteiger partial charge on any atom is 0.320 e. The van der Waals surface area contributed by atoms with Gasteiger partial charge >= 0.3 is 11.9 Å². The fourth-order valence-electron chi connectivity index (χ4n) is 1.31. The molecule has 0 saturated heterocycles. The Labute approximate surface area is 101 Å². The van der Waals surface area contributed by atoms with E-state index in [-0.39, 0.29) is 26.2 Å². The first-order valence-corrected chi connectivity index (χ1v) is 5.57. The Morgan fingerprint density at radius 1 is 1.12 bits per heavy atom. The van der Waals surface area contributed by atoms with Gasteiger partial charge in [0.15, 0.2) is 5.92 Å². The molecule has 0 spiro atoms. The lowest BCUT2D eigenvalue weighted by molar-refractivity contribution is -0.163. The van der Waals surface area contributed by atoms with Gasteiger partial charge in [0.1, 0.15) is 0 Å². The van der Waals surface area contributed by atoms with Crippen molar-refractivity contribution in [3.8, 4) is 0 Å². The normalized spacial score (nSPS) is 12.3. The molecule has 0 bridgehead atoms. The molecule has 0 rings (SSSR count). The molecule has 6 nitrogen and oxygen atoms in total. The lowest BCUT2D eigenvalue weighted by atomic mass is 10.0. The average molecular weight is 248 g/mol. The number of aliphatic hydroxyl groups is 1. The van der Waals surface area contributed by atoms with Crippen LogP contribution in [-0.2, 0) is 23.8 Å². The number of hydrogen-bond donors (Lipinski definition) is 1. The Balaban J connectivity index is 4.49. The van der Waals surface area contributed by atoms with E-state index in [1.807, 2.05) is 0 Å². The van der Waals surface area contributed by atoms with Gasteiger partial charge in [0.25, 0.3) is 0 Å². The molecule has 0 fully saturated rings. The van der Waals surface area contributed by atoms with E-state index in [0.29, 0.717) is 0 Å². The Kier molecular flexibility index (Phi) is 8.35. The summed E-state index contributed by atoms with van der Waals surface area (Å²) >= 11 is 0. The quantitative estimate of drug-likeness (QED) is 0.485. The predicted molar refractivity (Wildman–Crippen MR) is 59.3 cm³/mol. The van der Waals surface area contributed by atoms with Gasteiger partial charge in [0, 0.05) is 7.11 Å². The Morgan fingerprint density at radius 2 is 1.59 bits per heavy atom. The Bertz CT molecular complexity index is 222. The van der Waals surface area contributed by atoms with Crippen molar-refractivity contribution in [1.29, 1.82) is 0 Å². The van der Waals surface area contributed by atoms with Crippen LogP contribution in [0.2, 0.25) is 0 Å². The molecule has 0 aliphatic carbocycles. The highest BCUT2D eigenvalue weighted by molar-refractivity contribution is 5.94. The summed E-state index contributed by atoms with van der Waals surface area (Å²) in [6.07, 6.45) is -0.968. The molecular weight excluding hydrogens is 228 g/mol. The van der Waals surface area contributed by atoms with Crippen molar-refractivity contribution in [3.63, 3.8) is 0 Å². The third-order valence-corrected chi connectivity index (χ3v) is 2.01. The largest absolute Gasteiger partial charge is 0.465 e. The van der Waals surface area contributed by atoms with Gasteiger partial charge in [-0.15, -0.1) is 0 Å². The lowest BCUT2D eigenvalue weighted by Gasteiger charge is -2.17. The van der Waals surface area contributed by atoms with E-state index in [9.17, 15) is 14.7 Å². The van der Waals surface area contributed by atoms with Gasteiger partial charge in [-0.25, -0.2) is 0 Å². The Morgan fingerprint density at radius 3 is 1.94 bits per heavy atom. The first-order chi connectivity index (χ1) is 8.06. The highest BCUT2D eigenvalue weighted by Gasteiger charge is 2.31. The topological polar surface area (TPSA) is 82.1 Å². The zero-order valence-electron chi connectivity index (χ0n) is 10.5. The van der Waals surface area contributed by atoms with Crippen LogP contribution in [0.3, 0.4) is 0 Å². The van der Waals surface area contributed by atoms with Gasteiger partial charge in [0.05, 0.1) is 25.9 Å². The Hall–Kier alpha value is -1.14. The molecule has 0 aliphatic rings. The molecule has 0 aromatic heterocycles. The molecule has 0 aromatic carbocycles. The van der Waals surface area contributed by atoms with Crippen molar-refractivity contribution >= 4 is 11.9 Å². The zero-order valence-corrected chi connectivity index (χ0v) is 10.5. The van der Waals surface area contributed by atoms with Crippen molar-refractivity contribution in [2.45, 2.75) is 26.4 Å². The van der Waals surface area contributed by atoms with Gasteiger partial charge in [-0.1, -0.05) is 0 Å². The van der Waals surface area contributed by atoms with Crippen LogP contribution in [0.15, 0.2) is 0 Å². The highest BCUT2D eigenvalue weighted by Crippen LogP contribution is 2.12. The van der Waals surface area contributed by atoms with Crippen LogP contribution in [-0.4, -0.2) is 50.1 Å². The fourth-order valence-corrected chi connectivity index (χ4v) is 1.31. The molecule has 0 saturated carbocycles. The fraction of sp³-hybridized carbons (Fsp3) is 0.818.